The highest BCUT2D eigenvalue weighted by molar-refractivity contribution is 6.13. The lowest BCUT2D eigenvalue weighted by molar-refractivity contribution is -0.0888. The molecule has 0 spiro atoms. The van der Waals surface area contributed by atoms with Crippen molar-refractivity contribution in [1.82, 2.24) is 0 Å². The highest BCUT2D eigenvalue weighted by Crippen LogP contribution is 2.36. The molecule has 4 nitrogen and oxygen atoms in total. The van der Waals surface area contributed by atoms with Crippen LogP contribution in [0.15, 0.2) is 39.5 Å². The second-order valence-corrected chi connectivity index (χ2v) is 6.04. The smallest absolute Gasteiger partial charge is 0.455 e. The molecule has 0 atom stereocenters. The monoisotopic (exact) mass is 364 g/mol. The molecule has 1 N–H and O–H groups in total. The fourth-order valence-corrected chi connectivity index (χ4v) is 2.94. The minimum Gasteiger partial charge on any atom is -0.506 e. The van der Waals surface area contributed by atoms with Crippen molar-refractivity contribution in [3.05, 3.63) is 51.9 Å². The molecule has 0 aliphatic rings. The Morgan fingerprint density at radius 2 is 1.92 bits per heavy atom. The van der Waals surface area contributed by atoms with Gasteiger partial charge in [-0.3, -0.25) is 4.79 Å². The number of rotatable bonds is 4. The van der Waals surface area contributed by atoms with Crippen LogP contribution in [-0.4, -0.2) is 17.1 Å². The number of aromatic hydroxyl groups is 1. The van der Waals surface area contributed by atoms with Crippen LogP contribution in [0, 0.1) is 0 Å². The van der Waals surface area contributed by atoms with E-state index in [-0.39, 0.29) is 11.0 Å². The standard InChI is InChI=1S/C19H15F3O4/c1-2-3-4-10-5-7-12-11(9-10)6-8-13-14(12)16(23)15(18(25)26-13)17(24)19(20,21)22/h5-9,23H,2-4H2,1H3. The van der Waals surface area contributed by atoms with Crippen molar-refractivity contribution in [1.29, 1.82) is 0 Å². The third-order valence-corrected chi connectivity index (χ3v) is 4.23. The molecule has 26 heavy (non-hydrogen) atoms. The van der Waals surface area contributed by atoms with Gasteiger partial charge in [0.25, 0.3) is 5.78 Å². The zero-order chi connectivity index (χ0) is 19.1. The predicted octanol–water partition coefficient (Wildman–Crippen LogP) is 4.74. The van der Waals surface area contributed by atoms with Crippen LogP contribution in [0.3, 0.4) is 0 Å². The minimum atomic E-state index is -5.29. The summed E-state index contributed by atoms with van der Waals surface area (Å²) in [7, 11) is 0. The maximum Gasteiger partial charge on any atom is 0.455 e. The van der Waals surface area contributed by atoms with Crippen LogP contribution in [0.1, 0.15) is 35.7 Å². The lowest BCUT2D eigenvalue weighted by Gasteiger charge is -2.10. The number of Topliss-reactive ketones (excluding diaryl/α,β-unsaturated/α-hetero) is 1. The van der Waals surface area contributed by atoms with E-state index in [0.29, 0.717) is 10.8 Å². The van der Waals surface area contributed by atoms with Crippen molar-refractivity contribution in [2.75, 3.05) is 0 Å². The molecular weight excluding hydrogens is 349 g/mol. The zero-order valence-corrected chi connectivity index (χ0v) is 13.8. The summed E-state index contributed by atoms with van der Waals surface area (Å²) >= 11 is 0. The Morgan fingerprint density at radius 3 is 2.58 bits per heavy atom. The summed E-state index contributed by atoms with van der Waals surface area (Å²) < 4.78 is 43.1. The molecular formula is C19H15F3O4. The number of halogens is 3. The normalized spacial score (nSPS) is 12.0. The first-order chi connectivity index (χ1) is 12.2. The first-order valence-electron chi connectivity index (χ1n) is 8.07. The van der Waals surface area contributed by atoms with Crippen LogP contribution in [0.4, 0.5) is 13.2 Å². The second-order valence-electron chi connectivity index (χ2n) is 6.04. The summed E-state index contributed by atoms with van der Waals surface area (Å²) in [5.41, 5.74) is -1.95. The molecule has 0 saturated heterocycles. The molecule has 7 heteroatoms. The third-order valence-electron chi connectivity index (χ3n) is 4.23. The number of alkyl halides is 3. The number of fused-ring (bicyclic) bond motifs is 3. The molecule has 1 aromatic heterocycles. The summed E-state index contributed by atoms with van der Waals surface area (Å²) in [5, 5.41) is 11.3. The lowest BCUT2D eigenvalue weighted by Crippen LogP contribution is -2.28. The first-order valence-corrected chi connectivity index (χ1v) is 8.07. The summed E-state index contributed by atoms with van der Waals surface area (Å²) in [6.45, 7) is 2.06. The molecule has 0 amide bonds. The van der Waals surface area contributed by atoms with Gasteiger partial charge in [0.05, 0.1) is 5.39 Å². The number of hydrogen-bond acceptors (Lipinski definition) is 4. The fraction of sp³-hybridized carbons (Fsp3) is 0.263. The van der Waals surface area contributed by atoms with E-state index < -0.39 is 28.9 Å². The molecule has 0 unspecified atom stereocenters. The quantitative estimate of drug-likeness (QED) is 0.412. The summed E-state index contributed by atoms with van der Waals surface area (Å²) in [4.78, 5) is 23.3. The molecule has 0 radical (unpaired) electrons. The molecule has 0 saturated carbocycles. The largest absolute Gasteiger partial charge is 0.506 e. The van der Waals surface area contributed by atoms with E-state index in [1.54, 1.807) is 18.2 Å². The average Bonchev–Trinajstić information content (AvgIpc) is 2.58. The van der Waals surface area contributed by atoms with E-state index in [0.717, 1.165) is 24.8 Å². The van der Waals surface area contributed by atoms with Gasteiger partial charge in [-0.1, -0.05) is 37.6 Å². The molecule has 0 aliphatic heterocycles. The van der Waals surface area contributed by atoms with E-state index in [2.05, 4.69) is 6.92 Å². The van der Waals surface area contributed by atoms with Gasteiger partial charge in [-0.15, -0.1) is 0 Å². The number of hydrogen-bond donors (Lipinski definition) is 1. The lowest BCUT2D eigenvalue weighted by atomic mass is 9.98. The van der Waals surface area contributed by atoms with Crippen LogP contribution < -0.4 is 5.63 Å². The van der Waals surface area contributed by atoms with E-state index >= 15 is 0 Å². The Morgan fingerprint density at radius 1 is 1.19 bits per heavy atom. The van der Waals surface area contributed by atoms with Crippen LogP contribution >= 0.6 is 0 Å². The van der Waals surface area contributed by atoms with Gasteiger partial charge < -0.3 is 9.52 Å². The Hall–Kier alpha value is -2.83. The van der Waals surface area contributed by atoms with E-state index in [1.165, 1.54) is 6.07 Å². The Labute approximate surface area is 145 Å². The number of carbonyl (C=O) groups excluding carboxylic acids is 1. The molecule has 136 valence electrons. The highest BCUT2D eigenvalue weighted by atomic mass is 19.4. The Bertz CT molecular complexity index is 1060. The van der Waals surface area contributed by atoms with Crippen LogP contribution in [0.5, 0.6) is 5.75 Å². The van der Waals surface area contributed by atoms with E-state index in [4.69, 9.17) is 4.42 Å². The van der Waals surface area contributed by atoms with Crippen molar-refractivity contribution in [3.8, 4) is 5.75 Å². The number of ketones is 1. The van der Waals surface area contributed by atoms with Crippen molar-refractivity contribution < 1.29 is 27.5 Å². The summed E-state index contributed by atoms with van der Waals surface area (Å²) in [5.74, 6) is -3.44. The second kappa shape index (κ2) is 6.48. The van der Waals surface area contributed by atoms with Crippen LogP contribution in [-0.2, 0) is 6.42 Å². The zero-order valence-electron chi connectivity index (χ0n) is 13.8. The molecule has 3 rings (SSSR count). The molecule has 3 aromatic rings. The van der Waals surface area contributed by atoms with E-state index in [1.807, 2.05) is 6.07 Å². The van der Waals surface area contributed by atoms with Crippen molar-refractivity contribution >= 4 is 27.5 Å². The minimum absolute atomic E-state index is 0.0833. The number of unbranched alkanes of at least 4 members (excludes halogenated alkanes) is 1. The fourth-order valence-electron chi connectivity index (χ4n) is 2.94. The van der Waals surface area contributed by atoms with Gasteiger partial charge in [0.15, 0.2) is 5.56 Å². The first kappa shape index (κ1) is 18.0. The Kier molecular flexibility index (Phi) is 4.48. The molecule has 1 heterocycles. The number of benzene rings is 2. The van der Waals surface area contributed by atoms with Gasteiger partial charge in [-0.05, 0) is 35.2 Å². The van der Waals surface area contributed by atoms with Gasteiger partial charge in [0.2, 0.25) is 0 Å². The van der Waals surface area contributed by atoms with Crippen LogP contribution in [0.25, 0.3) is 21.7 Å². The van der Waals surface area contributed by atoms with Gasteiger partial charge in [-0.2, -0.15) is 13.2 Å². The highest BCUT2D eigenvalue weighted by Gasteiger charge is 2.43. The van der Waals surface area contributed by atoms with Crippen molar-refractivity contribution in [3.63, 3.8) is 0 Å². The van der Waals surface area contributed by atoms with Crippen molar-refractivity contribution in [2.45, 2.75) is 32.4 Å². The topological polar surface area (TPSA) is 67.5 Å². The molecule has 2 aromatic carbocycles. The van der Waals surface area contributed by atoms with Gasteiger partial charge in [0, 0.05) is 0 Å². The SMILES string of the molecule is CCCCc1ccc2c(ccc3oc(=O)c(C(=O)C(F)(F)F)c(O)c32)c1. The average molecular weight is 364 g/mol. The van der Waals surface area contributed by atoms with Gasteiger partial charge in [0.1, 0.15) is 11.3 Å². The number of carbonyl (C=O) groups is 1. The molecule has 0 fully saturated rings. The number of aryl methyl sites for hydroxylation is 1. The third kappa shape index (κ3) is 3.05. The van der Waals surface area contributed by atoms with Gasteiger partial charge in [-0.25, -0.2) is 4.79 Å². The van der Waals surface area contributed by atoms with Crippen molar-refractivity contribution in [2.24, 2.45) is 0 Å². The Balaban J connectivity index is 2.29. The van der Waals surface area contributed by atoms with Crippen LogP contribution in [0.2, 0.25) is 0 Å². The van der Waals surface area contributed by atoms with Gasteiger partial charge >= 0.3 is 11.8 Å². The summed E-state index contributed by atoms with van der Waals surface area (Å²) in [6.07, 6.45) is -2.44. The predicted molar refractivity (Wildman–Crippen MR) is 90.7 cm³/mol. The summed E-state index contributed by atoms with van der Waals surface area (Å²) in [6, 6.07) is 8.35. The maximum absolute atomic E-state index is 12.7. The molecule has 0 bridgehead atoms. The molecule has 0 aliphatic carbocycles. The van der Waals surface area contributed by atoms with E-state index in [9.17, 15) is 27.9 Å². The maximum atomic E-state index is 12.7.